The number of phenols is 1. The van der Waals surface area contributed by atoms with Gasteiger partial charge in [-0.1, -0.05) is 25.8 Å². The van der Waals surface area contributed by atoms with E-state index in [0.29, 0.717) is 0 Å². The van der Waals surface area contributed by atoms with Crippen LogP contribution in [0.2, 0.25) is 0 Å². The van der Waals surface area contributed by atoms with Crippen LogP contribution in [0.15, 0.2) is 36.5 Å². The number of benzene rings is 1. The normalized spacial score (nSPS) is 10.4. The van der Waals surface area contributed by atoms with Crippen molar-refractivity contribution in [3.63, 3.8) is 0 Å². The lowest BCUT2D eigenvalue weighted by molar-refractivity contribution is 0.0693. The third kappa shape index (κ3) is 4.55. The summed E-state index contributed by atoms with van der Waals surface area (Å²) >= 11 is 0. The van der Waals surface area contributed by atoms with E-state index in [2.05, 4.69) is 17.2 Å². The number of carbonyl (C=O) groups excluding carboxylic acids is 1. The van der Waals surface area contributed by atoms with Crippen molar-refractivity contribution in [2.75, 3.05) is 5.32 Å². The van der Waals surface area contributed by atoms with Gasteiger partial charge in [-0.3, -0.25) is 9.78 Å². The number of nitrogens with one attached hydrogen (secondary N) is 1. The molecule has 2 rings (SSSR count). The molecule has 1 amide bonds. The van der Waals surface area contributed by atoms with Crippen LogP contribution in [0.5, 0.6) is 5.75 Å². The Morgan fingerprint density at radius 3 is 2.58 bits per heavy atom. The number of rotatable bonds is 7. The average Bonchev–Trinajstić information content (AvgIpc) is 2.57. The molecule has 0 aliphatic heterocycles. The summed E-state index contributed by atoms with van der Waals surface area (Å²) in [6, 6.07) is 7.38. The third-order valence-electron chi connectivity index (χ3n) is 3.61. The predicted molar refractivity (Wildman–Crippen MR) is 90.5 cm³/mol. The first-order valence-corrected chi connectivity index (χ1v) is 7.84. The van der Waals surface area contributed by atoms with Gasteiger partial charge in [-0.05, 0) is 42.7 Å². The number of unbranched alkanes of at least 4 members (excludes halogenated alkanes) is 2. The van der Waals surface area contributed by atoms with Gasteiger partial charge in [-0.2, -0.15) is 0 Å². The minimum absolute atomic E-state index is 0.249. The minimum atomic E-state index is -1.27. The maximum atomic E-state index is 12.2. The maximum absolute atomic E-state index is 12.2. The molecule has 0 fully saturated rings. The number of carboxylic acids is 1. The quantitative estimate of drug-likeness (QED) is 0.534. The number of aryl methyl sites for hydroxylation is 1. The molecule has 2 aromatic rings. The first-order chi connectivity index (χ1) is 11.5. The molecule has 0 bridgehead atoms. The number of nitrogens with zero attached hydrogens (tertiary/aromatic N) is 1. The van der Waals surface area contributed by atoms with Gasteiger partial charge in [0, 0.05) is 11.9 Å². The molecule has 0 saturated carbocycles. The summed E-state index contributed by atoms with van der Waals surface area (Å²) in [6.45, 7) is 2.14. The lowest BCUT2D eigenvalue weighted by Gasteiger charge is -2.07. The van der Waals surface area contributed by atoms with Crippen molar-refractivity contribution < 1.29 is 19.8 Å². The molecule has 1 aromatic carbocycles. The number of aromatic hydroxyl groups is 1. The van der Waals surface area contributed by atoms with Gasteiger partial charge in [0.1, 0.15) is 17.0 Å². The number of aromatic carboxylic acids is 1. The Labute approximate surface area is 140 Å². The Balaban J connectivity index is 2.04. The zero-order chi connectivity index (χ0) is 17.5. The van der Waals surface area contributed by atoms with E-state index >= 15 is 0 Å². The summed E-state index contributed by atoms with van der Waals surface area (Å²) in [5.41, 5.74) is 1.34. The third-order valence-corrected chi connectivity index (χ3v) is 3.61. The predicted octanol–water partition coefficient (Wildman–Crippen LogP) is 3.47. The highest BCUT2D eigenvalue weighted by molar-refractivity contribution is 6.03. The highest BCUT2D eigenvalue weighted by Gasteiger charge is 2.13. The molecule has 3 N–H and O–H groups in total. The number of anilines is 1. The summed E-state index contributed by atoms with van der Waals surface area (Å²) in [5.74, 6) is -2.05. The van der Waals surface area contributed by atoms with Gasteiger partial charge in [0.05, 0.1) is 0 Å². The Kier molecular flexibility index (Phi) is 5.89. The molecule has 126 valence electrons. The lowest BCUT2D eigenvalue weighted by Crippen LogP contribution is -2.14. The number of aromatic nitrogens is 1. The molecular formula is C18H20N2O4. The fraction of sp³-hybridized carbons (Fsp3) is 0.278. The van der Waals surface area contributed by atoms with Gasteiger partial charge in [0.15, 0.2) is 0 Å². The molecule has 0 unspecified atom stereocenters. The van der Waals surface area contributed by atoms with E-state index in [-0.39, 0.29) is 22.7 Å². The van der Waals surface area contributed by atoms with Gasteiger partial charge in [0.2, 0.25) is 0 Å². The molecule has 1 aromatic heterocycles. The van der Waals surface area contributed by atoms with E-state index in [9.17, 15) is 14.7 Å². The molecule has 0 radical (unpaired) electrons. The van der Waals surface area contributed by atoms with E-state index in [4.69, 9.17) is 5.11 Å². The Bertz CT molecular complexity index is 726. The number of carboxylic acid groups (broad SMARTS) is 1. The van der Waals surface area contributed by atoms with Crippen LogP contribution in [-0.4, -0.2) is 27.1 Å². The fourth-order valence-corrected chi connectivity index (χ4v) is 2.27. The van der Waals surface area contributed by atoms with E-state index in [1.165, 1.54) is 18.2 Å². The monoisotopic (exact) mass is 328 g/mol. The average molecular weight is 328 g/mol. The van der Waals surface area contributed by atoms with Crippen molar-refractivity contribution in [3.8, 4) is 5.75 Å². The second kappa shape index (κ2) is 8.10. The minimum Gasteiger partial charge on any atom is -0.507 e. The number of amides is 1. The second-order valence-corrected chi connectivity index (χ2v) is 5.50. The van der Waals surface area contributed by atoms with E-state index in [1.807, 2.05) is 6.07 Å². The zero-order valence-electron chi connectivity index (χ0n) is 13.5. The largest absolute Gasteiger partial charge is 0.507 e. The van der Waals surface area contributed by atoms with Gasteiger partial charge < -0.3 is 15.5 Å². The smallest absolute Gasteiger partial charge is 0.339 e. The van der Waals surface area contributed by atoms with Crippen molar-refractivity contribution in [1.82, 2.24) is 4.98 Å². The van der Waals surface area contributed by atoms with Crippen LogP contribution < -0.4 is 5.32 Å². The van der Waals surface area contributed by atoms with Gasteiger partial charge in [-0.15, -0.1) is 0 Å². The number of pyridine rings is 1. The Morgan fingerprint density at radius 2 is 1.96 bits per heavy atom. The highest BCUT2D eigenvalue weighted by atomic mass is 16.4. The van der Waals surface area contributed by atoms with E-state index in [0.717, 1.165) is 31.2 Å². The summed E-state index contributed by atoms with van der Waals surface area (Å²) in [4.78, 5) is 27.3. The molecular weight excluding hydrogens is 308 g/mol. The summed E-state index contributed by atoms with van der Waals surface area (Å²) < 4.78 is 0. The number of carbonyl (C=O) groups is 2. The molecule has 0 spiro atoms. The van der Waals surface area contributed by atoms with Crippen LogP contribution in [0.25, 0.3) is 0 Å². The first-order valence-electron chi connectivity index (χ1n) is 7.84. The van der Waals surface area contributed by atoms with Crippen molar-refractivity contribution in [3.05, 3.63) is 53.3 Å². The molecule has 24 heavy (non-hydrogen) atoms. The standard InChI is InChI=1S/C18H20N2O4/c1-2-3-4-5-12-6-8-15(19-11-12)17(22)20-13-7-9-16(21)14(10-13)18(23)24/h6-11,21H,2-5H2,1H3,(H,20,22)(H,23,24). The fourth-order valence-electron chi connectivity index (χ4n) is 2.27. The molecule has 0 saturated heterocycles. The van der Waals surface area contributed by atoms with Gasteiger partial charge in [-0.25, -0.2) is 4.79 Å². The zero-order valence-corrected chi connectivity index (χ0v) is 13.5. The summed E-state index contributed by atoms with van der Waals surface area (Å²) in [7, 11) is 0. The van der Waals surface area contributed by atoms with Gasteiger partial charge >= 0.3 is 5.97 Å². The SMILES string of the molecule is CCCCCc1ccc(C(=O)Nc2ccc(O)c(C(=O)O)c2)nc1. The lowest BCUT2D eigenvalue weighted by atomic mass is 10.1. The Hall–Kier alpha value is -2.89. The second-order valence-electron chi connectivity index (χ2n) is 5.50. The topological polar surface area (TPSA) is 99.5 Å². The van der Waals surface area contributed by atoms with Crippen molar-refractivity contribution in [2.24, 2.45) is 0 Å². The maximum Gasteiger partial charge on any atom is 0.339 e. The van der Waals surface area contributed by atoms with Crippen molar-refractivity contribution in [2.45, 2.75) is 32.6 Å². The van der Waals surface area contributed by atoms with Crippen molar-refractivity contribution >= 4 is 17.6 Å². The first kappa shape index (κ1) is 17.5. The van der Waals surface area contributed by atoms with Crippen LogP contribution in [0.4, 0.5) is 5.69 Å². The van der Waals surface area contributed by atoms with Crippen molar-refractivity contribution in [1.29, 1.82) is 0 Å². The van der Waals surface area contributed by atoms with Gasteiger partial charge in [0.25, 0.3) is 5.91 Å². The number of hydrogen-bond donors (Lipinski definition) is 3. The van der Waals surface area contributed by atoms with Crippen LogP contribution in [0.3, 0.4) is 0 Å². The molecule has 0 aliphatic rings. The molecule has 0 aliphatic carbocycles. The molecule has 1 heterocycles. The van der Waals surface area contributed by atoms with Crippen LogP contribution in [0.1, 0.15) is 52.6 Å². The summed E-state index contributed by atoms with van der Waals surface area (Å²) in [5, 5.41) is 21.0. The van der Waals surface area contributed by atoms with E-state index < -0.39 is 11.9 Å². The highest BCUT2D eigenvalue weighted by Crippen LogP contribution is 2.21. The molecule has 6 heteroatoms. The molecule has 6 nitrogen and oxygen atoms in total. The van der Waals surface area contributed by atoms with Crippen LogP contribution in [0, 0.1) is 0 Å². The Morgan fingerprint density at radius 1 is 1.17 bits per heavy atom. The van der Waals surface area contributed by atoms with Crippen LogP contribution in [-0.2, 0) is 6.42 Å². The van der Waals surface area contributed by atoms with Crippen LogP contribution >= 0.6 is 0 Å². The molecule has 0 atom stereocenters. The number of hydrogen-bond acceptors (Lipinski definition) is 4. The summed E-state index contributed by atoms with van der Waals surface area (Å²) in [6.07, 6.45) is 6.02. The van der Waals surface area contributed by atoms with E-state index in [1.54, 1.807) is 12.3 Å².